The molecule has 10 aromatic carbocycles. The minimum absolute atomic E-state index is 0.00355. The van der Waals surface area contributed by atoms with Crippen LogP contribution in [0.25, 0.3) is 60.5 Å². The minimum Gasteiger partial charge on any atom is -0.310 e. The first-order valence-corrected chi connectivity index (χ1v) is 20.5. The Bertz CT molecular complexity index is 3760. The third kappa shape index (κ3) is 5.36. The molecule has 2 heteroatoms. The molecule has 1 aliphatic rings. The van der Waals surface area contributed by atoms with Crippen molar-refractivity contribution in [3.8, 4) is 27.9 Å². The topological polar surface area (TPSA) is 8.17 Å². The third-order valence-corrected chi connectivity index (χ3v) is 12.4. The summed E-state index contributed by atoms with van der Waals surface area (Å²) in [5, 5.41) is 1.83. The van der Waals surface area contributed by atoms with Crippen LogP contribution in [0.15, 0.2) is 242 Å². The van der Waals surface area contributed by atoms with Crippen molar-refractivity contribution in [2.75, 3.05) is 4.90 Å². The van der Waals surface area contributed by atoms with Crippen LogP contribution >= 0.6 is 0 Å². The minimum atomic E-state index is -0.746. The van der Waals surface area contributed by atoms with Gasteiger partial charge in [0.05, 0.1) is 31.7 Å². The Morgan fingerprint density at radius 2 is 1.02 bits per heavy atom. The summed E-state index contributed by atoms with van der Waals surface area (Å²) in [6, 6.07) is 66.1. The molecule has 2 nitrogen and oxygen atoms in total. The second kappa shape index (κ2) is 14.1. The Labute approximate surface area is 365 Å². The number of nitrogens with zero attached hydrogens (tertiary/aromatic N) is 2. The van der Waals surface area contributed by atoms with Gasteiger partial charge < -0.3 is 9.47 Å². The molecule has 0 bridgehead atoms. The standard InChI is InChI=1S/C59H40N2/c1-4-18-41(19-5-1)42-34-36-46(37-35-42)60(55-32-16-21-43-20-10-11-26-48(43)55)47-38-39-56-51(40-47)58-54(31-17-33-57(58)61(56)45-24-8-3-9-25-45)59(44-22-6-2-7-23-44)52-29-14-12-27-49(52)50-28-13-15-30-53(50)59/h1-40H/i10D,11D,16D,20D,21D,26D,32D. The zero-order valence-electron chi connectivity index (χ0n) is 39.9. The van der Waals surface area contributed by atoms with Gasteiger partial charge in [-0.15, -0.1) is 0 Å². The fourth-order valence-electron chi connectivity index (χ4n) is 9.85. The lowest BCUT2D eigenvalue weighted by atomic mass is 9.66. The van der Waals surface area contributed by atoms with Crippen LogP contribution in [0.3, 0.4) is 0 Å². The average molecular weight is 784 g/mol. The Kier molecular flexibility index (Phi) is 6.59. The first-order chi connectivity index (χ1) is 33.2. The van der Waals surface area contributed by atoms with Crippen molar-refractivity contribution in [2.24, 2.45) is 0 Å². The van der Waals surface area contributed by atoms with Crippen LogP contribution in [0.5, 0.6) is 0 Å². The van der Waals surface area contributed by atoms with E-state index in [1.54, 1.807) is 0 Å². The quantitative estimate of drug-likeness (QED) is 0.156. The van der Waals surface area contributed by atoms with Crippen LogP contribution in [0, 0.1) is 0 Å². The number of benzene rings is 10. The Balaban J connectivity index is 1.23. The molecule has 0 atom stereocenters. The summed E-state index contributed by atoms with van der Waals surface area (Å²) >= 11 is 0. The number of anilines is 3. The first-order valence-electron chi connectivity index (χ1n) is 24.0. The molecular weight excluding hydrogens is 737 g/mol. The van der Waals surface area contributed by atoms with Crippen LogP contribution in [0.4, 0.5) is 17.1 Å². The summed E-state index contributed by atoms with van der Waals surface area (Å²) in [7, 11) is 0. The fourth-order valence-corrected chi connectivity index (χ4v) is 9.85. The van der Waals surface area contributed by atoms with Crippen molar-refractivity contribution in [2.45, 2.75) is 5.41 Å². The zero-order chi connectivity index (χ0) is 46.4. The van der Waals surface area contributed by atoms with Crippen molar-refractivity contribution < 1.29 is 9.60 Å². The van der Waals surface area contributed by atoms with Crippen molar-refractivity contribution in [1.29, 1.82) is 0 Å². The highest BCUT2D eigenvalue weighted by Crippen LogP contribution is 2.58. The highest BCUT2D eigenvalue weighted by Gasteiger charge is 2.47. The van der Waals surface area contributed by atoms with E-state index < -0.39 is 35.6 Å². The van der Waals surface area contributed by atoms with Crippen LogP contribution in [0.2, 0.25) is 0 Å². The van der Waals surface area contributed by atoms with Gasteiger partial charge >= 0.3 is 0 Å². The van der Waals surface area contributed by atoms with Crippen LogP contribution in [0.1, 0.15) is 31.8 Å². The van der Waals surface area contributed by atoms with Crippen molar-refractivity contribution >= 4 is 49.6 Å². The van der Waals surface area contributed by atoms with Gasteiger partial charge in [0, 0.05) is 33.2 Å². The molecule has 0 aliphatic heterocycles. The maximum Gasteiger partial charge on any atom is 0.0720 e. The van der Waals surface area contributed by atoms with E-state index in [1.807, 2.05) is 83.8 Å². The molecule has 0 unspecified atom stereocenters. The van der Waals surface area contributed by atoms with E-state index >= 15 is 0 Å². The van der Waals surface area contributed by atoms with E-state index in [0.717, 1.165) is 49.7 Å². The van der Waals surface area contributed by atoms with E-state index in [4.69, 9.17) is 6.85 Å². The number of fused-ring (bicyclic) bond motifs is 7. The molecule has 1 aromatic heterocycles. The zero-order valence-corrected chi connectivity index (χ0v) is 32.9. The van der Waals surface area contributed by atoms with E-state index in [1.165, 1.54) is 22.3 Å². The van der Waals surface area contributed by atoms with Gasteiger partial charge in [-0.2, -0.15) is 0 Å². The lowest BCUT2D eigenvalue weighted by Crippen LogP contribution is -2.28. The SMILES string of the molecule is [2H]c1c([2H])c([2H])c2c(N(c3ccc(-c4ccccc4)cc3)c3ccc4c(c3)c3c(C5(c6ccccc6)c6ccccc6-c6ccccc65)cccc3n4-c3ccccc3)c([2H])c([2H])c([2H])c2c1[2H]. The second-order valence-corrected chi connectivity index (χ2v) is 15.5. The van der Waals surface area contributed by atoms with E-state index in [-0.39, 0.29) is 28.5 Å². The number of hydrogen-bond donors (Lipinski definition) is 0. The van der Waals surface area contributed by atoms with Gasteiger partial charge in [0.15, 0.2) is 0 Å². The summed E-state index contributed by atoms with van der Waals surface area (Å²) in [5.74, 6) is 0. The molecule has 1 heterocycles. The molecule has 0 N–H and O–H groups in total. The highest BCUT2D eigenvalue weighted by atomic mass is 15.1. The molecule has 286 valence electrons. The fraction of sp³-hybridized carbons (Fsp3) is 0.0169. The van der Waals surface area contributed by atoms with Crippen LogP contribution < -0.4 is 4.90 Å². The van der Waals surface area contributed by atoms with E-state index in [9.17, 15) is 2.74 Å². The van der Waals surface area contributed by atoms with Crippen molar-refractivity contribution in [1.82, 2.24) is 4.57 Å². The normalized spacial score (nSPS) is 14.3. The molecule has 0 spiro atoms. The Morgan fingerprint density at radius 3 is 1.75 bits per heavy atom. The molecule has 0 saturated heterocycles. The van der Waals surface area contributed by atoms with Crippen LogP contribution in [-0.4, -0.2) is 4.57 Å². The van der Waals surface area contributed by atoms with Gasteiger partial charge in [0.2, 0.25) is 0 Å². The van der Waals surface area contributed by atoms with Gasteiger partial charge in [-0.05, 0) is 104 Å². The van der Waals surface area contributed by atoms with Gasteiger partial charge in [-0.1, -0.05) is 188 Å². The second-order valence-electron chi connectivity index (χ2n) is 15.5. The van der Waals surface area contributed by atoms with Gasteiger partial charge in [-0.25, -0.2) is 0 Å². The van der Waals surface area contributed by atoms with Crippen molar-refractivity contribution in [3.05, 3.63) is 265 Å². The highest BCUT2D eigenvalue weighted by molar-refractivity contribution is 6.14. The number of rotatable bonds is 7. The monoisotopic (exact) mass is 783 g/mol. The van der Waals surface area contributed by atoms with E-state index in [0.29, 0.717) is 11.4 Å². The average Bonchev–Trinajstić information content (AvgIpc) is 3.89. The summed E-state index contributed by atoms with van der Waals surface area (Å²) in [4.78, 5) is 1.83. The molecule has 0 fully saturated rings. The lowest BCUT2D eigenvalue weighted by molar-refractivity contribution is 0.777. The number of aromatic nitrogens is 1. The molecule has 12 rings (SSSR count). The molecule has 1 aliphatic carbocycles. The van der Waals surface area contributed by atoms with Gasteiger partial charge in [0.25, 0.3) is 0 Å². The molecular formula is C59H40N2. The lowest BCUT2D eigenvalue weighted by Gasteiger charge is -2.34. The van der Waals surface area contributed by atoms with Gasteiger partial charge in [0.1, 0.15) is 0 Å². The van der Waals surface area contributed by atoms with Gasteiger partial charge in [-0.3, -0.25) is 0 Å². The molecule has 11 aromatic rings. The summed E-state index contributed by atoms with van der Waals surface area (Å²) in [6.07, 6.45) is 0. The molecule has 0 radical (unpaired) electrons. The number of para-hydroxylation sites is 1. The molecule has 61 heavy (non-hydrogen) atoms. The summed E-state index contributed by atoms with van der Waals surface area (Å²) in [6.45, 7) is 0. The van der Waals surface area contributed by atoms with Crippen LogP contribution in [-0.2, 0) is 5.41 Å². The predicted molar refractivity (Wildman–Crippen MR) is 256 cm³/mol. The Morgan fingerprint density at radius 1 is 0.426 bits per heavy atom. The Hall–Kier alpha value is -7.94. The molecule has 0 amide bonds. The summed E-state index contributed by atoms with van der Waals surface area (Å²) < 4.78 is 65.8. The third-order valence-electron chi connectivity index (χ3n) is 12.4. The molecule has 0 saturated carbocycles. The smallest absolute Gasteiger partial charge is 0.0720 e. The largest absolute Gasteiger partial charge is 0.310 e. The van der Waals surface area contributed by atoms with E-state index in [2.05, 4.69) is 126 Å². The van der Waals surface area contributed by atoms with Crippen molar-refractivity contribution in [3.63, 3.8) is 0 Å². The first kappa shape index (κ1) is 28.5. The maximum absolute atomic E-state index is 9.63. The maximum atomic E-state index is 9.63. The predicted octanol–water partition coefficient (Wildman–Crippen LogP) is 15.4. The number of hydrogen-bond acceptors (Lipinski definition) is 1. The summed E-state index contributed by atoms with van der Waals surface area (Å²) in [5.41, 5.74) is 12.3.